The Hall–Kier alpha value is -4.28. The zero-order valence-electron chi connectivity index (χ0n) is 25.7. The fourth-order valence-electron chi connectivity index (χ4n) is 6.74. The lowest BCUT2D eigenvalue weighted by molar-refractivity contribution is -0.158. The lowest BCUT2D eigenvalue weighted by Crippen LogP contribution is -2.53. The van der Waals surface area contributed by atoms with E-state index in [4.69, 9.17) is 21.2 Å². The maximum absolute atomic E-state index is 14.9. The van der Waals surface area contributed by atoms with Gasteiger partial charge in [0.1, 0.15) is 6.04 Å². The molecule has 0 radical (unpaired) electrons. The molecule has 240 valence electrons. The Labute approximate surface area is 271 Å². The highest BCUT2D eigenvalue weighted by molar-refractivity contribution is 6.31. The van der Waals surface area contributed by atoms with Gasteiger partial charge in [-0.2, -0.15) is 0 Å². The summed E-state index contributed by atoms with van der Waals surface area (Å²) < 4.78 is 20.4. The van der Waals surface area contributed by atoms with E-state index in [1.165, 1.54) is 24.3 Å². The summed E-state index contributed by atoms with van der Waals surface area (Å²) in [5.41, 5.74) is 2.54. The Morgan fingerprint density at radius 1 is 1.07 bits per heavy atom. The van der Waals surface area contributed by atoms with Crippen LogP contribution >= 0.6 is 11.6 Å². The van der Waals surface area contributed by atoms with E-state index in [1.54, 1.807) is 37.1 Å². The molecule has 0 spiro atoms. The molecular weight excluding hydrogens is 613 g/mol. The van der Waals surface area contributed by atoms with Crippen molar-refractivity contribution in [2.24, 2.45) is 5.16 Å². The first-order chi connectivity index (χ1) is 22.1. The maximum atomic E-state index is 14.9. The molecule has 0 saturated carbocycles. The van der Waals surface area contributed by atoms with E-state index in [1.807, 2.05) is 12.1 Å². The number of aromatic carboxylic acids is 1. The highest BCUT2D eigenvalue weighted by Gasteiger charge is 2.49. The lowest BCUT2D eigenvalue weighted by atomic mass is 9.84. The topological polar surface area (TPSA) is 109 Å². The number of hydrogen-bond donors (Lipinski definition) is 1. The van der Waals surface area contributed by atoms with Crippen molar-refractivity contribution in [2.75, 3.05) is 31.6 Å². The molecule has 3 aromatic carbocycles. The SMILES string of the molecule is COC1CCN(c2cccc3c2CCN(C(=O)C2(C)CC(c4cccc(Cl)c4F)=NO2)C3C(=O)Cc2ccc(C(=O)O)cc2)CC1. The van der Waals surface area contributed by atoms with Crippen LogP contribution in [0.2, 0.25) is 5.02 Å². The van der Waals surface area contributed by atoms with Crippen LogP contribution in [0.3, 0.4) is 0 Å². The minimum atomic E-state index is -1.47. The number of benzene rings is 3. The highest BCUT2D eigenvalue weighted by atomic mass is 35.5. The number of anilines is 1. The summed E-state index contributed by atoms with van der Waals surface area (Å²) in [4.78, 5) is 49.6. The number of amides is 1. The average molecular weight is 648 g/mol. The predicted octanol–water partition coefficient (Wildman–Crippen LogP) is 5.61. The number of fused-ring (bicyclic) bond motifs is 1. The fraction of sp³-hybridized carbons (Fsp3) is 0.371. The molecule has 1 fully saturated rings. The van der Waals surface area contributed by atoms with Crippen molar-refractivity contribution in [1.29, 1.82) is 0 Å². The number of carbonyl (C=O) groups is 3. The van der Waals surface area contributed by atoms with E-state index in [0.29, 0.717) is 12.0 Å². The number of carbonyl (C=O) groups excluding carboxylic acids is 2. The minimum Gasteiger partial charge on any atom is -0.478 e. The minimum absolute atomic E-state index is 0.00149. The molecule has 3 heterocycles. The second-order valence-electron chi connectivity index (χ2n) is 12.2. The Balaban J connectivity index is 1.32. The first-order valence-electron chi connectivity index (χ1n) is 15.3. The van der Waals surface area contributed by atoms with Gasteiger partial charge in [-0.05, 0) is 73.2 Å². The fourth-order valence-corrected chi connectivity index (χ4v) is 6.91. The summed E-state index contributed by atoms with van der Waals surface area (Å²) >= 11 is 6.00. The number of carboxylic acids is 1. The second-order valence-corrected chi connectivity index (χ2v) is 12.6. The van der Waals surface area contributed by atoms with Crippen LogP contribution in [0.1, 0.15) is 64.8 Å². The number of rotatable bonds is 8. The Morgan fingerprint density at radius 2 is 1.78 bits per heavy atom. The van der Waals surface area contributed by atoms with Crippen LogP contribution in [0.25, 0.3) is 0 Å². The van der Waals surface area contributed by atoms with Gasteiger partial charge in [-0.3, -0.25) is 9.59 Å². The molecule has 1 saturated heterocycles. The van der Waals surface area contributed by atoms with Crippen molar-refractivity contribution >= 4 is 40.7 Å². The van der Waals surface area contributed by atoms with Crippen molar-refractivity contribution in [1.82, 2.24) is 4.90 Å². The normalized spacial score (nSPS) is 21.4. The molecule has 9 nitrogen and oxygen atoms in total. The van der Waals surface area contributed by atoms with E-state index in [-0.39, 0.29) is 53.1 Å². The Kier molecular flexibility index (Phi) is 8.85. The molecule has 2 unspecified atom stereocenters. The van der Waals surface area contributed by atoms with Crippen LogP contribution < -0.4 is 4.90 Å². The van der Waals surface area contributed by atoms with Crippen molar-refractivity contribution in [3.63, 3.8) is 0 Å². The number of oxime groups is 1. The number of hydrogen-bond acceptors (Lipinski definition) is 7. The number of Topliss-reactive ketones (excluding diaryl/α,β-unsaturated/α-hetero) is 1. The molecule has 1 amide bonds. The molecule has 2 atom stereocenters. The number of piperidine rings is 1. The molecule has 11 heteroatoms. The molecule has 1 N–H and O–H groups in total. The number of ketones is 1. The molecule has 46 heavy (non-hydrogen) atoms. The third-order valence-electron chi connectivity index (χ3n) is 9.23. The maximum Gasteiger partial charge on any atom is 0.335 e. The van der Waals surface area contributed by atoms with Gasteiger partial charge in [0.2, 0.25) is 5.60 Å². The zero-order valence-corrected chi connectivity index (χ0v) is 26.4. The average Bonchev–Trinajstić information content (AvgIpc) is 3.47. The highest BCUT2D eigenvalue weighted by Crippen LogP contribution is 2.40. The molecule has 3 aromatic rings. The van der Waals surface area contributed by atoms with Crippen LogP contribution in [0, 0.1) is 5.82 Å². The van der Waals surface area contributed by atoms with E-state index in [0.717, 1.165) is 42.7 Å². The van der Waals surface area contributed by atoms with Gasteiger partial charge in [-0.15, -0.1) is 0 Å². The van der Waals surface area contributed by atoms with Crippen LogP contribution in [0.15, 0.2) is 65.8 Å². The van der Waals surface area contributed by atoms with Gasteiger partial charge in [0.15, 0.2) is 11.6 Å². The first kappa shape index (κ1) is 31.7. The van der Waals surface area contributed by atoms with E-state index in [9.17, 15) is 23.9 Å². The molecule has 0 aromatic heterocycles. The molecule has 0 bridgehead atoms. The van der Waals surface area contributed by atoms with Gasteiger partial charge < -0.3 is 24.5 Å². The summed E-state index contributed by atoms with van der Waals surface area (Å²) in [7, 11) is 1.73. The smallest absolute Gasteiger partial charge is 0.335 e. The van der Waals surface area contributed by atoms with Gasteiger partial charge in [0.05, 0.1) is 22.4 Å². The van der Waals surface area contributed by atoms with Crippen LogP contribution in [-0.4, -0.2) is 71.8 Å². The molecule has 3 aliphatic rings. The number of nitrogens with zero attached hydrogens (tertiary/aromatic N) is 3. The summed E-state index contributed by atoms with van der Waals surface area (Å²) in [5, 5.41) is 13.3. The zero-order chi connectivity index (χ0) is 32.6. The molecule has 0 aliphatic carbocycles. The Morgan fingerprint density at radius 3 is 2.48 bits per heavy atom. The van der Waals surface area contributed by atoms with Gasteiger partial charge >= 0.3 is 5.97 Å². The van der Waals surface area contributed by atoms with Gasteiger partial charge in [0.25, 0.3) is 5.91 Å². The van der Waals surface area contributed by atoms with E-state index >= 15 is 0 Å². The van der Waals surface area contributed by atoms with E-state index < -0.39 is 29.3 Å². The summed E-state index contributed by atoms with van der Waals surface area (Å²) in [6.07, 6.45) is 2.52. The van der Waals surface area contributed by atoms with Crippen LogP contribution in [-0.2, 0) is 32.0 Å². The van der Waals surface area contributed by atoms with Crippen LogP contribution in [0.5, 0.6) is 0 Å². The largest absolute Gasteiger partial charge is 0.478 e. The second kappa shape index (κ2) is 12.8. The number of halogens is 2. The number of carboxylic acid groups (broad SMARTS) is 1. The van der Waals surface area contributed by atoms with Crippen molar-refractivity contribution < 1.29 is 33.5 Å². The summed E-state index contributed by atoms with van der Waals surface area (Å²) in [6.45, 7) is 3.51. The standard InChI is InChI=1S/C35H35ClFN3O6/c1-35(20-28(38-46-35)26-6-3-7-27(36)31(26)37)34(44)40-18-15-24-25(5-4-8-29(24)39-16-13-23(45-2)14-17-39)32(40)30(41)19-21-9-11-22(12-10-21)33(42)43/h3-12,23,32H,13-20H2,1-2H3,(H,42,43). The van der Waals surface area contributed by atoms with Crippen LogP contribution in [0.4, 0.5) is 10.1 Å². The monoisotopic (exact) mass is 647 g/mol. The first-order valence-corrected chi connectivity index (χ1v) is 15.7. The predicted molar refractivity (Wildman–Crippen MR) is 171 cm³/mol. The third-order valence-corrected chi connectivity index (χ3v) is 9.53. The molecule has 3 aliphatic heterocycles. The van der Waals surface area contributed by atoms with Crippen molar-refractivity contribution in [2.45, 2.75) is 56.8 Å². The lowest BCUT2D eigenvalue weighted by Gasteiger charge is -2.42. The van der Waals surface area contributed by atoms with Gasteiger partial charge in [0, 0.05) is 50.8 Å². The van der Waals surface area contributed by atoms with Crippen molar-refractivity contribution in [3.8, 4) is 0 Å². The van der Waals surface area contributed by atoms with Gasteiger partial charge in [-0.25, -0.2) is 9.18 Å². The number of methoxy groups -OCH3 is 1. The summed E-state index contributed by atoms with van der Waals surface area (Å²) in [5.74, 6) is -2.33. The van der Waals surface area contributed by atoms with Crippen molar-refractivity contribution in [3.05, 3.63) is 99.3 Å². The Bertz CT molecular complexity index is 1700. The molecule has 6 rings (SSSR count). The quantitative estimate of drug-likeness (QED) is 0.338. The third kappa shape index (κ3) is 5.99. The van der Waals surface area contributed by atoms with Gasteiger partial charge in [-0.1, -0.05) is 47.1 Å². The summed E-state index contributed by atoms with van der Waals surface area (Å²) in [6, 6.07) is 15.7. The molecular formula is C35H35ClFN3O6. The number of ether oxygens (including phenoxy) is 1. The van der Waals surface area contributed by atoms with E-state index in [2.05, 4.69) is 16.1 Å².